The molecule has 21 heavy (non-hydrogen) atoms. The molecule has 0 aliphatic carbocycles. The summed E-state index contributed by atoms with van der Waals surface area (Å²) in [6, 6.07) is 7.91. The van der Waals surface area contributed by atoms with Crippen LogP contribution in [0.4, 0.5) is 0 Å². The summed E-state index contributed by atoms with van der Waals surface area (Å²) in [5, 5.41) is 4.13. The maximum Gasteiger partial charge on any atom is 0.229 e. The van der Waals surface area contributed by atoms with E-state index in [1.165, 1.54) is 0 Å². The van der Waals surface area contributed by atoms with Gasteiger partial charge in [0, 0.05) is 32.4 Å². The molecule has 0 saturated carbocycles. The lowest BCUT2D eigenvalue weighted by atomic mass is 9.95. The number of nitrogens with zero attached hydrogens (tertiary/aromatic N) is 3. The number of aryl methyl sites for hydroxylation is 1. The maximum atomic E-state index is 12.5. The first kappa shape index (κ1) is 13.7. The number of hydrogen-bond acceptors (Lipinski definition) is 3. The molecular weight excluding hydrogens is 266 g/mol. The summed E-state index contributed by atoms with van der Waals surface area (Å²) in [5.74, 6) is 0.909. The molecule has 3 rings (SSSR count). The number of hydrogen-bond donors (Lipinski definition) is 0. The molecule has 1 aromatic heterocycles. The van der Waals surface area contributed by atoms with E-state index in [0.717, 1.165) is 23.3 Å². The third-order valence-corrected chi connectivity index (χ3v) is 3.78. The SMILES string of the molecule is CN(Cc1cnn(C)c1)C(=O)[C@H]1COc2ccccc2C1. The number of amides is 1. The van der Waals surface area contributed by atoms with E-state index in [0.29, 0.717) is 13.2 Å². The Labute approximate surface area is 124 Å². The topological polar surface area (TPSA) is 47.4 Å². The fraction of sp³-hybridized carbons (Fsp3) is 0.375. The Bertz CT molecular complexity index is 650. The van der Waals surface area contributed by atoms with Crippen molar-refractivity contribution in [2.45, 2.75) is 13.0 Å². The summed E-state index contributed by atoms with van der Waals surface area (Å²) in [7, 11) is 3.70. The molecule has 0 radical (unpaired) electrons. The molecule has 110 valence electrons. The van der Waals surface area contributed by atoms with Gasteiger partial charge in [0.2, 0.25) is 5.91 Å². The Morgan fingerprint density at radius 3 is 3.05 bits per heavy atom. The smallest absolute Gasteiger partial charge is 0.229 e. The zero-order chi connectivity index (χ0) is 14.8. The van der Waals surface area contributed by atoms with Crippen molar-refractivity contribution in [3.8, 4) is 5.75 Å². The number of ether oxygens (including phenoxy) is 1. The Morgan fingerprint density at radius 1 is 1.48 bits per heavy atom. The van der Waals surface area contributed by atoms with Crippen LogP contribution in [0.25, 0.3) is 0 Å². The van der Waals surface area contributed by atoms with Gasteiger partial charge in [-0.05, 0) is 18.1 Å². The van der Waals surface area contributed by atoms with Crippen LogP contribution in [-0.2, 0) is 24.8 Å². The fourth-order valence-electron chi connectivity index (χ4n) is 2.70. The van der Waals surface area contributed by atoms with E-state index in [2.05, 4.69) is 5.10 Å². The summed E-state index contributed by atoms with van der Waals surface area (Å²) in [4.78, 5) is 14.3. The highest BCUT2D eigenvalue weighted by atomic mass is 16.5. The molecule has 1 aromatic carbocycles. The molecule has 2 aromatic rings. The molecule has 0 saturated heterocycles. The minimum absolute atomic E-state index is 0.110. The number of benzene rings is 1. The van der Waals surface area contributed by atoms with E-state index in [1.54, 1.807) is 15.8 Å². The molecule has 0 spiro atoms. The summed E-state index contributed by atoms with van der Waals surface area (Å²) in [6.45, 7) is 1.03. The zero-order valence-electron chi connectivity index (χ0n) is 12.3. The number of rotatable bonds is 3. The maximum absolute atomic E-state index is 12.5. The highest BCUT2D eigenvalue weighted by molar-refractivity contribution is 5.79. The average Bonchev–Trinajstić information content (AvgIpc) is 2.91. The van der Waals surface area contributed by atoms with Gasteiger partial charge in [-0.25, -0.2) is 0 Å². The van der Waals surface area contributed by atoms with Crippen molar-refractivity contribution in [2.24, 2.45) is 13.0 Å². The monoisotopic (exact) mass is 285 g/mol. The van der Waals surface area contributed by atoms with Crippen LogP contribution in [0, 0.1) is 5.92 Å². The molecule has 5 nitrogen and oxygen atoms in total. The normalized spacial score (nSPS) is 17.0. The summed E-state index contributed by atoms with van der Waals surface area (Å²) < 4.78 is 7.44. The van der Waals surface area contributed by atoms with E-state index >= 15 is 0 Å². The Balaban J connectivity index is 1.66. The van der Waals surface area contributed by atoms with Crippen molar-refractivity contribution < 1.29 is 9.53 Å². The van der Waals surface area contributed by atoms with Gasteiger partial charge in [0.1, 0.15) is 12.4 Å². The van der Waals surface area contributed by atoms with Crippen LogP contribution >= 0.6 is 0 Å². The van der Waals surface area contributed by atoms with Crippen LogP contribution in [0.15, 0.2) is 36.7 Å². The largest absolute Gasteiger partial charge is 0.492 e. The van der Waals surface area contributed by atoms with Crippen LogP contribution < -0.4 is 4.74 Å². The Hall–Kier alpha value is -2.30. The molecule has 1 atom stereocenters. The Morgan fingerprint density at radius 2 is 2.29 bits per heavy atom. The standard InChI is InChI=1S/C16H19N3O2/c1-18(9-12-8-17-19(2)10-12)16(20)14-7-13-5-3-4-6-15(13)21-11-14/h3-6,8,10,14H,7,9,11H2,1-2H3/t14-/m1/s1. The van der Waals surface area contributed by atoms with Gasteiger partial charge in [-0.2, -0.15) is 5.10 Å². The van der Waals surface area contributed by atoms with E-state index < -0.39 is 0 Å². The van der Waals surface area contributed by atoms with E-state index in [1.807, 2.05) is 44.6 Å². The minimum Gasteiger partial charge on any atom is -0.492 e. The van der Waals surface area contributed by atoms with Gasteiger partial charge in [-0.1, -0.05) is 18.2 Å². The lowest BCUT2D eigenvalue weighted by Crippen LogP contribution is -2.38. The predicted molar refractivity (Wildman–Crippen MR) is 78.8 cm³/mol. The van der Waals surface area contributed by atoms with E-state index in [4.69, 9.17) is 4.74 Å². The molecule has 0 fully saturated rings. The van der Waals surface area contributed by atoms with Crippen LogP contribution in [-0.4, -0.2) is 34.2 Å². The van der Waals surface area contributed by atoms with Crippen LogP contribution in [0.2, 0.25) is 0 Å². The third-order valence-electron chi connectivity index (χ3n) is 3.78. The van der Waals surface area contributed by atoms with Gasteiger partial charge in [0.15, 0.2) is 0 Å². The van der Waals surface area contributed by atoms with Gasteiger partial charge in [0.05, 0.1) is 12.1 Å². The highest BCUT2D eigenvalue weighted by Crippen LogP contribution is 2.27. The predicted octanol–water partition coefficient (Wildman–Crippen LogP) is 1.63. The van der Waals surface area contributed by atoms with Crippen molar-refractivity contribution in [1.82, 2.24) is 14.7 Å². The lowest BCUT2D eigenvalue weighted by molar-refractivity contribution is -0.136. The quantitative estimate of drug-likeness (QED) is 0.861. The first-order valence-electron chi connectivity index (χ1n) is 7.06. The molecule has 1 amide bonds. The molecule has 5 heteroatoms. The molecule has 1 aliphatic rings. The Kier molecular flexibility index (Phi) is 3.64. The lowest BCUT2D eigenvalue weighted by Gasteiger charge is -2.28. The average molecular weight is 285 g/mol. The molecule has 0 N–H and O–H groups in total. The number of para-hydroxylation sites is 1. The second-order valence-electron chi connectivity index (χ2n) is 5.54. The van der Waals surface area contributed by atoms with Crippen molar-refractivity contribution in [3.05, 3.63) is 47.8 Å². The van der Waals surface area contributed by atoms with Crippen molar-refractivity contribution in [1.29, 1.82) is 0 Å². The first-order chi connectivity index (χ1) is 10.1. The van der Waals surface area contributed by atoms with Gasteiger partial charge >= 0.3 is 0 Å². The fourth-order valence-corrected chi connectivity index (χ4v) is 2.70. The molecule has 0 bridgehead atoms. The highest BCUT2D eigenvalue weighted by Gasteiger charge is 2.28. The summed E-state index contributed by atoms with van der Waals surface area (Å²) >= 11 is 0. The zero-order valence-corrected chi connectivity index (χ0v) is 12.3. The number of fused-ring (bicyclic) bond motifs is 1. The minimum atomic E-state index is -0.110. The molecule has 2 heterocycles. The first-order valence-corrected chi connectivity index (χ1v) is 7.06. The van der Waals surface area contributed by atoms with E-state index in [-0.39, 0.29) is 11.8 Å². The van der Waals surface area contributed by atoms with Gasteiger partial charge < -0.3 is 9.64 Å². The van der Waals surface area contributed by atoms with Crippen molar-refractivity contribution in [2.75, 3.05) is 13.7 Å². The summed E-state index contributed by atoms with van der Waals surface area (Å²) in [5.41, 5.74) is 2.14. The van der Waals surface area contributed by atoms with Gasteiger partial charge in [-0.3, -0.25) is 9.48 Å². The molecule has 0 unspecified atom stereocenters. The molecule has 1 aliphatic heterocycles. The third kappa shape index (κ3) is 2.91. The van der Waals surface area contributed by atoms with Crippen molar-refractivity contribution >= 4 is 5.91 Å². The van der Waals surface area contributed by atoms with E-state index in [9.17, 15) is 4.79 Å². The summed E-state index contributed by atoms with van der Waals surface area (Å²) in [6.07, 6.45) is 4.46. The number of carbonyl (C=O) groups is 1. The van der Waals surface area contributed by atoms with Crippen LogP contribution in [0.3, 0.4) is 0 Å². The molecular formula is C16H19N3O2. The van der Waals surface area contributed by atoms with Gasteiger partial charge in [0.25, 0.3) is 0 Å². The number of aromatic nitrogens is 2. The van der Waals surface area contributed by atoms with Crippen molar-refractivity contribution in [3.63, 3.8) is 0 Å². The second-order valence-corrected chi connectivity index (χ2v) is 5.54. The number of carbonyl (C=O) groups excluding carboxylic acids is 1. The van der Waals surface area contributed by atoms with Crippen LogP contribution in [0.1, 0.15) is 11.1 Å². The van der Waals surface area contributed by atoms with Crippen LogP contribution in [0.5, 0.6) is 5.75 Å². The second kappa shape index (κ2) is 5.60. The van der Waals surface area contributed by atoms with Gasteiger partial charge in [-0.15, -0.1) is 0 Å².